The molecule has 0 N–H and O–H groups in total. The molecule has 2 aromatic carbocycles. The number of carbonyl (C=O) groups is 1. The van der Waals surface area contributed by atoms with Crippen molar-refractivity contribution in [2.75, 3.05) is 6.61 Å². The molecule has 108 valence electrons. The molecule has 0 fully saturated rings. The summed E-state index contributed by atoms with van der Waals surface area (Å²) in [4.78, 5) is 13.1. The van der Waals surface area contributed by atoms with Crippen molar-refractivity contribution in [3.05, 3.63) is 63.6 Å². The smallest absolute Gasteiger partial charge is 0.176 e. The molecule has 1 aliphatic rings. The lowest BCUT2D eigenvalue weighted by molar-refractivity contribution is 0.0905. The minimum atomic E-state index is -0.582. The van der Waals surface area contributed by atoms with Gasteiger partial charge in [-0.1, -0.05) is 46.3 Å². The SMILES string of the molecule is CC(C)(C(=O)c1cc(Br)cc2c1OCC2)c1ccccc1. The van der Waals surface area contributed by atoms with Gasteiger partial charge in [-0.3, -0.25) is 4.79 Å². The zero-order chi connectivity index (χ0) is 15.0. The lowest BCUT2D eigenvalue weighted by Gasteiger charge is -2.24. The Hall–Kier alpha value is -1.61. The van der Waals surface area contributed by atoms with E-state index in [1.54, 1.807) is 0 Å². The molecule has 21 heavy (non-hydrogen) atoms. The van der Waals surface area contributed by atoms with Crippen molar-refractivity contribution < 1.29 is 9.53 Å². The molecule has 0 spiro atoms. The van der Waals surface area contributed by atoms with E-state index >= 15 is 0 Å². The molecular formula is C18H17BrO2. The molecule has 2 nitrogen and oxygen atoms in total. The number of halogens is 1. The molecular weight excluding hydrogens is 328 g/mol. The standard InChI is InChI=1S/C18H17BrO2/c1-18(2,13-6-4-3-5-7-13)17(20)15-11-14(19)10-12-8-9-21-16(12)15/h3-7,10-11H,8-9H2,1-2H3. The van der Waals surface area contributed by atoms with E-state index in [2.05, 4.69) is 15.9 Å². The Morgan fingerprint density at radius 2 is 1.90 bits per heavy atom. The minimum absolute atomic E-state index is 0.0909. The fourth-order valence-corrected chi connectivity index (χ4v) is 3.27. The first kappa shape index (κ1) is 14.3. The topological polar surface area (TPSA) is 26.3 Å². The maximum Gasteiger partial charge on any atom is 0.176 e. The van der Waals surface area contributed by atoms with Gasteiger partial charge in [-0.15, -0.1) is 0 Å². The largest absolute Gasteiger partial charge is 0.492 e. The highest BCUT2D eigenvalue weighted by molar-refractivity contribution is 9.10. The predicted octanol–water partition coefficient (Wildman–Crippen LogP) is 4.54. The van der Waals surface area contributed by atoms with Crippen molar-refractivity contribution >= 4 is 21.7 Å². The van der Waals surface area contributed by atoms with Crippen molar-refractivity contribution in [2.24, 2.45) is 0 Å². The van der Waals surface area contributed by atoms with Crippen LogP contribution in [0.25, 0.3) is 0 Å². The molecule has 3 heteroatoms. The molecule has 0 saturated heterocycles. The van der Waals surface area contributed by atoms with Crippen molar-refractivity contribution in [1.82, 2.24) is 0 Å². The van der Waals surface area contributed by atoms with Gasteiger partial charge in [0.2, 0.25) is 0 Å². The van der Waals surface area contributed by atoms with E-state index in [0.717, 1.165) is 27.8 Å². The lowest BCUT2D eigenvalue weighted by Crippen LogP contribution is -2.29. The first-order valence-corrected chi connectivity index (χ1v) is 7.85. The summed E-state index contributed by atoms with van der Waals surface area (Å²) >= 11 is 3.50. The average molecular weight is 345 g/mol. The minimum Gasteiger partial charge on any atom is -0.492 e. The van der Waals surface area contributed by atoms with Gasteiger partial charge in [0.25, 0.3) is 0 Å². The van der Waals surface area contributed by atoms with Crippen LogP contribution in [-0.2, 0) is 11.8 Å². The quantitative estimate of drug-likeness (QED) is 0.763. The van der Waals surface area contributed by atoms with Crippen LogP contribution in [0.2, 0.25) is 0 Å². The molecule has 0 saturated carbocycles. The molecule has 0 aromatic heterocycles. The van der Waals surface area contributed by atoms with Gasteiger partial charge < -0.3 is 4.74 Å². The van der Waals surface area contributed by atoms with Crippen LogP contribution >= 0.6 is 15.9 Å². The summed E-state index contributed by atoms with van der Waals surface area (Å²) in [7, 11) is 0. The van der Waals surface area contributed by atoms with Gasteiger partial charge in [0, 0.05) is 10.9 Å². The van der Waals surface area contributed by atoms with Crippen molar-refractivity contribution in [2.45, 2.75) is 25.7 Å². The maximum atomic E-state index is 13.1. The molecule has 2 aromatic rings. The highest BCUT2D eigenvalue weighted by Gasteiger charge is 2.34. The molecule has 0 bridgehead atoms. The van der Waals surface area contributed by atoms with Gasteiger partial charge in [0.1, 0.15) is 5.75 Å². The van der Waals surface area contributed by atoms with Gasteiger partial charge in [0.05, 0.1) is 17.6 Å². The molecule has 1 heterocycles. The maximum absolute atomic E-state index is 13.1. The van der Waals surface area contributed by atoms with E-state index in [0.29, 0.717) is 12.2 Å². The van der Waals surface area contributed by atoms with Crippen LogP contribution in [0.3, 0.4) is 0 Å². The first-order chi connectivity index (χ1) is 10.00. The van der Waals surface area contributed by atoms with E-state index < -0.39 is 5.41 Å². The fraction of sp³-hybridized carbons (Fsp3) is 0.278. The number of hydrogen-bond acceptors (Lipinski definition) is 2. The van der Waals surface area contributed by atoms with E-state index in [4.69, 9.17) is 4.74 Å². The first-order valence-electron chi connectivity index (χ1n) is 7.05. The molecule has 0 aliphatic carbocycles. The van der Waals surface area contributed by atoms with Crippen LogP contribution in [0.1, 0.15) is 35.3 Å². The highest BCUT2D eigenvalue weighted by Crippen LogP contribution is 2.37. The summed E-state index contributed by atoms with van der Waals surface area (Å²) in [6.45, 7) is 4.58. The Labute approximate surface area is 133 Å². The van der Waals surface area contributed by atoms with E-state index in [1.165, 1.54) is 0 Å². The number of benzene rings is 2. The number of hydrogen-bond donors (Lipinski definition) is 0. The third-order valence-electron chi connectivity index (χ3n) is 4.06. The van der Waals surface area contributed by atoms with Crippen LogP contribution < -0.4 is 4.74 Å². The molecule has 0 radical (unpaired) electrons. The van der Waals surface area contributed by atoms with Gasteiger partial charge in [-0.05, 0) is 37.1 Å². The third kappa shape index (κ3) is 2.51. The van der Waals surface area contributed by atoms with Gasteiger partial charge in [-0.2, -0.15) is 0 Å². The molecule has 1 aliphatic heterocycles. The van der Waals surface area contributed by atoms with E-state index in [9.17, 15) is 4.79 Å². The Morgan fingerprint density at radius 1 is 1.19 bits per heavy atom. The summed E-state index contributed by atoms with van der Waals surface area (Å²) in [5.41, 5.74) is 2.21. The Morgan fingerprint density at radius 3 is 2.62 bits per heavy atom. The summed E-state index contributed by atoms with van der Waals surface area (Å²) in [5, 5.41) is 0. The Bertz CT molecular complexity index is 690. The molecule has 3 rings (SSSR count). The van der Waals surface area contributed by atoms with E-state index in [1.807, 2.05) is 56.3 Å². The van der Waals surface area contributed by atoms with Crippen LogP contribution in [0.4, 0.5) is 0 Å². The average Bonchev–Trinajstić information content (AvgIpc) is 2.94. The number of ketones is 1. The van der Waals surface area contributed by atoms with Crippen LogP contribution in [0.5, 0.6) is 5.75 Å². The van der Waals surface area contributed by atoms with Gasteiger partial charge >= 0.3 is 0 Å². The van der Waals surface area contributed by atoms with Crippen LogP contribution in [0, 0.1) is 0 Å². The zero-order valence-electron chi connectivity index (χ0n) is 12.2. The van der Waals surface area contributed by atoms with E-state index in [-0.39, 0.29) is 5.78 Å². The number of fused-ring (bicyclic) bond motifs is 1. The number of ether oxygens (including phenoxy) is 1. The van der Waals surface area contributed by atoms with Crippen LogP contribution in [0.15, 0.2) is 46.9 Å². The summed E-state index contributed by atoms with van der Waals surface area (Å²) < 4.78 is 6.62. The van der Waals surface area contributed by atoms with Gasteiger partial charge in [-0.25, -0.2) is 0 Å². The number of Topliss-reactive ketones (excluding diaryl/α,β-unsaturated/α-hetero) is 1. The summed E-state index contributed by atoms with van der Waals surface area (Å²) in [6, 6.07) is 13.8. The van der Waals surface area contributed by atoms with Crippen molar-refractivity contribution in [3.8, 4) is 5.75 Å². The lowest BCUT2D eigenvalue weighted by atomic mass is 9.77. The second-order valence-electron chi connectivity index (χ2n) is 5.86. The summed E-state index contributed by atoms with van der Waals surface area (Å²) in [6.07, 6.45) is 0.862. The van der Waals surface area contributed by atoms with Crippen LogP contribution in [-0.4, -0.2) is 12.4 Å². The number of rotatable bonds is 3. The predicted molar refractivity (Wildman–Crippen MR) is 87.1 cm³/mol. The van der Waals surface area contributed by atoms with Gasteiger partial charge in [0.15, 0.2) is 5.78 Å². The zero-order valence-corrected chi connectivity index (χ0v) is 13.7. The Balaban J connectivity index is 2.07. The summed E-state index contributed by atoms with van der Waals surface area (Å²) in [5.74, 6) is 0.848. The fourth-order valence-electron chi connectivity index (χ4n) is 2.76. The molecule has 0 amide bonds. The third-order valence-corrected chi connectivity index (χ3v) is 4.51. The molecule has 0 unspecified atom stereocenters. The second kappa shape index (κ2) is 5.30. The monoisotopic (exact) mass is 344 g/mol. The number of carbonyl (C=O) groups excluding carboxylic acids is 1. The highest BCUT2D eigenvalue weighted by atomic mass is 79.9. The second-order valence-corrected chi connectivity index (χ2v) is 6.78. The molecule has 0 atom stereocenters. The normalized spacial score (nSPS) is 13.7. The Kier molecular flexibility index (Phi) is 3.62. The van der Waals surface area contributed by atoms with Crippen molar-refractivity contribution in [1.29, 1.82) is 0 Å². The van der Waals surface area contributed by atoms with Crippen molar-refractivity contribution in [3.63, 3.8) is 0 Å².